The lowest BCUT2D eigenvalue weighted by Crippen LogP contribution is -2.26. The van der Waals surface area contributed by atoms with E-state index in [0.29, 0.717) is 6.42 Å². The molecule has 0 aliphatic heterocycles. The second kappa shape index (κ2) is 4.04. The molecule has 0 aliphatic carbocycles. The topological polar surface area (TPSA) is 64.1 Å². The zero-order chi connectivity index (χ0) is 8.97. The normalized spacial score (nSPS) is 12.8. The van der Waals surface area contributed by atoms with Crippen molar-refractivity contribution in [3.63, 3.8) is 0 Å². The van der Waals surface area contributed by atoms with E-state index in [1.54, 1.807) is 17.1 Å². The van der Waals surface area contributed by atoms with Gasteiger partial charge in [0.05, 0.1) is 12.8 Å². The van der Waals surface area contributed by atoms with Crippen molar-refractivity contribution >= 4 is 6.20 Å². The molecule has 0 spiro atoms. The van der Waals surface area contributed by atoms with Crippen molar-refractivity contribution in [2.75, 3.05) is 6.61 Å². The maximum absolute atomic E-state index is 8.69. The molecule has 3 N–H and O–H groups in total. The average molecular weight is 167 g/mol. The van der Waals surface area contributed by atoms with Crippen LogP contribution in [-0.4, -0.2) is 27.5 Å². The smallest absolute Gasteiger partial charge is 0.0585 e. The highest BCUT2D eigenvalue weighted by Gasteiger charge is 2.03. The Bertz CT molecular complexity index is 257. The fourth-order valence-electron chi connectivity index (χ4n) is 0.950. The van der Waals surface area contributed by atoms with Gasteiger partial charge in [-0.1, -0.05) is 6.58 Å². The quantitative estimate of drug-likeness (QED) is 0.655. The van der Waals surface area contributed by atoms with E-state index in [0.717, 1.165) is 5.56 Å². The van der Waals surface area contributed by atoms with Gasteiger partial charge >= 0.3 is 0 Å². The number of aliphatic hydroxyl groups is 1. The Hall–Kier alpha value is -1.13. The average Bonchev–Trinajstić information content (AvgIpc) is 2.52. The zero-order valence-electron chi connectivity index (χ0n) is 6.85. The lowest BCUT2D eigenvalue weighted by molar-refractivity contribution is 0.265. The molecule has 1 atom stereocenters. The summed E-state index contributed by atoms with van der Waals surface area (Å²) in [7, 11) is 0. The van der Waals surface area contributed by atoms with Crippen LogP contribution in [0.25, 0.3) is 6.20 Å². The number of aliphatic hydroxyl groups excluding tert-OH is 1. The molecule has 4 heteroatoms. The molecule has 0 amide bonds. The van der Waals surface area contributed by atoms with E-state index in [1.165, 1.54) is 0 Å². The lowest BCUT2D eigenvalue weighted by Gasteiger charge is -2.03. The van der Waals surface area contributed by atoms with Gasteiger partial charge in [-0.2, -0.15) is 5.10 Å². The van der Waals surface area contributed by atoms with Crippen molar-refractivity contribution < 1.29 is 5.11 Å². The van der Waals surface area contributed by atoms with E-state index in [2.05, 4.69) is 11.7 Å². The van der Waals surface area contributed by atoms with Gasteiger partial charge in [0.2, 0.25) is 0 Å². The van der Waals surface area contributed by atoms with Crippen LogP contribution in [0.3, 0.4) is 0 Å². The minimum Gasteiger partial charge on any atom is -0.395 e. The molecule has 1 rings (SSSR count). The summed E-state index contributed by atoms with van der Waals surface area (Å²) in [5.74, 6) is 0. The maximum Gasteiger partial charge on any atom is 0.0585 e. The molecule has 0 aliphatic rings. The highest BCUT2D eigenvalue weighted by Crippen LogP contribution is 2.00. The number of rotatable bonds is 4. The molecule has 66 valence electrons. The number of hydrogen-bond acceptors (Lipinski definition) is 3. The standard InChI is InChI=1S/C8H13N3O/c1-2-11-5-7(4-10-11)3-8(9)6-12/h2,4-5,8,12H,1,3,6,9H2. The summed E-state index contributed by atoms with van der Waals surface area (Å²) in [4.78, 5) is 0. The van der Waals surface area contributed by atoms with Crippen molar-refractivity contribution in [2.24, 2.45) is 5.73 Å². The number of nitrogens with zero attached hydrogens (tertiary/aromatic N) is 2. The fourth-order valence-corrected chi connectivity index (χ4v) is 0.950. The van der Waals surface area contributed by atoms with Crippen LogP contribution >= 0.6 is 0 Å². The van der Waals surface area contributed by atoms with Gasteiger partial charge in [0.25, 0.3) is 0 Å². The summed E-state index contributed by atoms with van der Waals surface area (Å²) in [6, 6.07) is -0.201. The predicted molar refractivity (Wildman–Crippen MR) is 47.4 cm³/mol. The summed E-state index contributed by atoms with van der Waals surface area (Å²) < 4.78 is 1.61. The SMILES string of the molecule is C=Cn1cc(CC(N)CO)cn1. The fraction of sp³-hybridized carbons (Fsp3) is 0.375. The third-order valence-electron chi connectivity index (χ3n) is 1.57. The van der Waals surface area contributed by atoms with Gasteiger partial charge in [-0.05, 0) is 12.0 Å². The summed E-state index contributed by atoms with van der Waals surface area (Å²) >= 11 is 0. The minimum absolute atomic E-state index is 0.000725. The first-order valence-electron chi connectivity index (χ1n) is 3.78. The van der Waals surface area contributed by atoms with Crippen LogP contribution < -0.4 is 5.73 Å². The molecular weight excluding hydrogens is 154 g/mol. The van der Waals surface area contributed by atoms with Crippen molar-refractivity contribution in [1.82, 2.24) is 9.78 Å². The van der Waals surface area contributed by atoms with Crippen LogP contribution in [0, 0.1) is 0 Å². The van der Waals surface area contributed by atoms with Gasteiger partial charge in [0.1, 0.15) is 0 Å². The molecule has 0 bridgehead atoms. The molecule has 1 heterocycles. The van der Waals surface area contributed by atoms with Crippen molar-refractivity contribution in [3.8, 4) is 0 Å². The second-order valence-electron chi connectivity index (χ2n) is 2.66. The van der Waals surface area contributed by atoms with Crippen LogP contribution in [0.2, 0.25) is 0 Å². The second-order valence-corrected chi connectivity index (χ2v) is 2.66. The third-order valence-corrected chi connectivity index (χ3v) is 1.57. The number of nitrogens with two attached hydrogens (primary N) is 1. The van der Waals surface area contributed by atoms with E-state index >= 15 is 0 Å². The highest BCUT2D eigenvalue weighted by molar-refractivity contribution is 5.18. The van der Waals surface area contributed by atoms with Gasteiger partial charge < -0.3 is 10.8 Å². The zero-order valence-corrected chi connectivity index (χ0v) is 6.85. The van der Waals surface area contributed by atoms with Crippen LogP contribution in [-0.2, 0) is 6.42 Å². The monoisotopic (exact) mass is 167 g/mol. The van der Waals surface area contributed by atoms with Crippen LogP contribution in [0.4, 0.5) is 0 Å². The molecule has 4 nitrogen and oxygen atoms in total. The lowest BCUT2D eigenvalue weighted by atomic mass is 10.1. The molecule has 0 radical (unpaired) electrons. The van der Waals surface area contributed by atoms with Gasteiger partial charge in [-0.15, -0.1) is 0 Å². The molecule has 0 fully saturated rings. The summed E-state index contributed by atoms with van der Waals surface area (Å²) in [6.45, 7) is 3.56. The molecular formula is C8H13N3O. The first-order valence-corrected chi connectivity index (χ1v) is 3.78. The molecule has 0 saturated carbocycles. The maximum atomic E-state index is 8.69. The number of hydrogen-bond donors (Lipinski definition) is 2. The van der Waals surface area contributed by atoms with E-state index in [4.69, 9.17) is 10.8 Å². The van der Waals surface area contributed by atoms with E-state index in [9.17, 15) is 0 Å². The Balaban J connectivity index is 2.57. The Morgan fingerprint density at radius 3 is 3.08 bits per heavy atom. The first-order chi connectivity index (χ1) is 5.76. The van der Waals surface area contributed by atoms with E-state index in [-0.39, 0.29) is 12.6 Å². The van der Waals surface area contributed by atoms with E-state index < -0.39 is 0 Å². The van der Waals surface area contributed by atoms with Crippen molar-refractivity contribution in [2.45, 2.75) is 12.5 Å². The molecule has 0 aromatic carbocycles. The predicted octanol–water partition coefficient (Wildman–Crippen LogP) is -0.154. The van der Waals surface area contributed by atoms with E-state index in [1.807, 2.05) is 6.20 Å². The van der Waals surface area contributed by atoms with Crippen molar-refractivity contribution in [1.29, 1.82) is 0 Å². The summed E-state index contributed by atoms with van der Waals surface area (Å²) in [5, 5.41) is 12.7. The van der Waals surface area contributed by atoms with Gasteiger partial charge in [-0.3, -0.25) is 0 Å². The Morgan fingerprint density at radius 2 is 2.58 bits per heavy atom. The van der Waals surface area contributed by atoms with Gasteiger partial charge in [-0.25, -0.2) is 4.68 Å². The molecule has 1 aromatic rings. The first kappa shape index (κ1) is 8.96. The van der Waals surface area contributed by atoms with Crippen LogP contribution in [0.5, 0.6) is 0 Å². The molecule has 1 unspecified atom stereocenters. The third kappa shape index (κ3) is 2.18. The Labute approximate surface area is 71.3 Å². The largest absolute Gasteiger partial charge is 0.395 e. The van der Waals surface area contributed by atoms with Gasteiger partial charge in [0.15, 0.2) is 0 Å². The Morgan fingerprint density at radius 1 is 1.83 bits per heavy atom. The van der Waals surface area contributed by atoms with Gasteiger partial charge in [0, 0.05) is 18.4 Å². The summed E-state index contributed by atoms with van der Waals surface area (Å²) in [6.07, 6.45) is 5.80. The molecule has 1 aromatic heterocycles. The molecule has 12 heavy (non-hydrogen) atoms. The Kier molecular flexibility index (Phi) is 3.01. The highest BCUT2D eigenvalue weighted by atomic mass is 16.3. The van der Waals surface area contributed by atoms with Crippen LogP contribution in [0.1, 0.15) is 5.56 Å². The summed E-state index contributed by atoms with van der Waals surface area (Å²) in [5.41, 5.74) is 6.55. The number of aromatic nitrogens is 2. The van der Waals surface area contributed by atoms with Crippen molar-refractivity contribution in [3.05, 3.63) is 24.5 Å². The van der Waals surface area contributed by atoms with Crippen LogP contribution in [0.15, 0.2) is 19.0 Å². The minimum atomic E-state index is -0.201. The molecule has 0 saturated heterocycles.